The molecule has 1 fully saturated rings. The first-order valence-electron chi connectivity index (χ1n) is 6.82. The third-order valence-electron chi connectivity index (χ3n) is 3.36. The molecule has 0 aromatic rings. The highest BCUT2D eigenvalue weighted by Gasteiger charge is 2.39. The Balaban J connectivity index is 2.10. The van der Waals surface area contributed by atoms with E-state index in [2.05, 4.69) is 10.5 Å². The van der Waals surface area contributed by atoms with E-state index in [0.717, 1.165) is 5.57 Å². The summed E-state index contributed by atoms with van der Waals surface area (Å²) >= 11 is 0. The molecule has 1 N–H and O–H groups in total. The van der Waals surface area contributed by atoms with Gasteiger partial charge in [-0.15, -0.1) is 0 Å². The second-order valence-corrected chi connectivity index (χ2v) is 6.14. The normalized spacial score (nSPS) is 25.0. The first-order chi connectivity index (χ1) is 9.40. The van der Waals surface area contributed by atoms with Gasteiger partial charge in [-0.25, -0.2) is 4.79 Å². The number of hydrogen-bond acceptors (Lipinski definition) is 3. The van der Waals surface area contributed by atoms with Gasteiger partial charge in [-0.2, -0.15) is 0 Å². The Morgan fingerprint density at radius 3 is 2.85 bits per heavy atom. The van der Waals surface area contributed by atoms with Crippen LogP contribution in [0.4, 0.5) is 4.79 Å². The number of rotatable bonds is 2. The summed E-state index contributed by atoms with van der Waals surface area (Å²) in [6.45, 7) is 6.60. The molecular formula is C15H21N2O3+. The molecule has 5 nitrogen and oxygen atoms in total. The molecule has 0 aromatic carbocycles. The molecule has 0 spiro atoms. The number of allylic oxidation sites excluding steroid dienone is 2. The minimum Gasteiger partial charge on any atom is -0.444 e. The van der Waals surface area contributed by atoms with Gasteiger partial charge in [0.05, 0.1) is 5.57 Å². The van der Waals surface area contributed by atoms with Crippen molar-refractivity contribution in [2.75, 3.05) is 19.7 Å². The highest BCUT2D eigenvalue weighted by molar-refractivity contribution is 5.80. The maximum absolute atomic E-state index is 12.1. The molecule has 108 valence electrons. The van der Waals surface area contributed by atoms with Crippen LogP contribution in [0, 0.1) is 11.8 Å². The average Bonchev–Trinajstić information content (AvgIpc) is 2.82. The van der Waals surface area contributed by atoms with Gasteiger partial charge in [0.2, 0.25) is 0 Å². The van der Waals surface area contributed by atoms with E-state index in [4.69, 9.17) is 4.74 Å². The molecule has 2 rings (SSSR count). The summed E-state index contributed by atoms with van der Waals surface area (Å²) in [5.74, 6) is 3.00. The quantitative estimate of drug-likeness (QED) is 0.758. The monoisotopic (exact) mass is 277 g/mol. The van der Waals surface area contributed by atoms with Crippen LogP contribution in [0.2, 0.25) is 0 Å². The number of amides is 1. The molecule has 2 heterocycles. The van der Waals surface area contributed by atoms with Gasteiger partial charge < -0.3 is 14.7 Å². The Morgan fingerprint density at radius 1 is 1.55 bits per heavy atom. The third kappa shape index (κ3) is 3.40. The summed E-state index contributed by atoms with van der Waals surface area (Å²) in [6.07, 6.45) is 5.11. The summed E-state index contributed by atoms with van der Waals surface area (Å²) in [6, 6.07) is 0. The van der Waals surface area contributed by atoms with Gasteiger partial charge in [0, 0.05) is 37.6 Å². The molecule has 0 bridgehead atoms. The number of hydrogen-bond donors (Lipinski definition) is 1. The second kappa shape index (κ2) is 5.68. The van der Waals surface area contributed by atoms with Crippen LogP contribution in [0.5, 0.6) is 0 Å². The topological polar surface area (TPSA) is 63.9 Å². The number of aliphatic hydroxyl groups excluding tert-OH is 1. The average molecular weight is 277 g/mol. The molecule has 1 unspecified atom stereocenters. The number of nitrogens with zero attached hydrogens (tertiary/aromatic N) is 2. The minimum absolute atomic E-state index is 0.00275. The van der Waals surface area contributed by atoms with Gasteiger partial charge in [0.25, 0.3) is 0 Å². The first-order valence-corrected chi connectivity index (χ1v) is 6.82. The second-order valence-electron chi connectivity index (χ2n) is 6.14. The molecule has 1 amide bonds. The molecule has 0 aliphatic carbocycles. The van der Waals surface area contributed by atoms with E-state index in [9.17, 15) is 9.90 Å². The summed E-state index contributed by atoms with van der Waals surface area (Å²) in [4.78, 5) is 13.7. The number of ether oxygens (including phenoxy) is 1. The van der Waals surface area contributed by atoms with Gasteiger partial charge >= 0.3 is 18.2 Å². The third-order valence-corrected chi connectivity index (χ3v) is 3.36. The van der Waals surface area contributed by atoms with E-state index < -0.39 is 5.60 Å². The number of carbonyl (C=O) groups is 1. The van der Waals surface area contributed by atoms with Crippen LogP contribution < -0.4 is 4.67 Å². The zero-order chi connectivity index (χ0) is 14.8. The molecule has 0 aromatic heterocycles. The fourth-order valence-corrected chi connectivity index (χ4v) is 2.43. The van der Waals surface area contributed by atoms with E-state index in [-0.39, 0.29) is 24.5 Å². The van der Waals surface area contributed by atoms with Crippen molar-refractivity contribution in [1.29, 1.82) is 0 Å². The predicted octanol–water partition coefficient (Wildman–Crippen LogP) is 0.766. The van der Waals surface area contributed by atoms with Crippen LogP contribution in [-0.2, 0) is 4.74 Å². The molecule has 0 radical (unpaired) electrons. The van der Waals surface area contributed by atoms with Crippen molar-refractivity contribution in [3.63, 3.8) is 0 Å². The summed E-state index contributed by atoms with van der Waals surface area (Å²) in [5.41, 5.74) is 0.419. The Morgan fingerprint density at radius 2 is 2.30 bits per heavy atom. The summed E-state index contributed by atoms with van der Waals surface area (Å²) in [5, 5.41) is 9.52. The molecule has 1 saturated heterocycles. The van der Waals surface area contributed by atoms with E-state index in [1.165, 1.54) is 0 Å². The molecule has 20 heavy (non-hydrogen) atoms. The Kier molecular flexibility index (Phi) is 4.15. The van der Waals surface area contributed by atoms with Crippen LogP contribution in [0.3, 0.4) is 0 Å². The van der Waals surface area contributed by atoms with Gasteiger partial charge in [-0.1, -0.05) is 0 Å². The van der Waals surface area contributed by atoms with Crippen molar-refractivity contribution in [2.24, 2.45) is 11.8 Å². The van der Waals surface area contributed by atoms with Crippen molar-refractivity contribution in [1.82, 2.24) is 9.57 Å². The van der Waals surface area contributed by atoms with Gasteiger partial charge in [0.1, 0.15) is 5.60 Å². The largest absolute Gasteiger partial charge is 0.444 e. The van der Waals surface area contributed by atoms with Crippen molar-refractivity contribution >= 4 is 18.2 Å². The molecule has 0 saturated carbocycles. The zero-order valence-corrected chi connectivity index (χ0v) is 12.2. The van der Waals surface area contributed by atoms with Crippen LogP contribution >= 0.6 is 0 Å². The maximum atomic E-state index is 12.1. The van der Waals surface area contributed by atoms with E-state index in [0.29, 0.717) is 13.1 Å². The van der Waals surface area contributed by atoms with Crippen molar-refractivity contribution in [2.45, 2.75) is 26.4 Å². The molecule has 2 atom stereocenters. The fourth-order valence-electron chi connectivity index (χ4n) is 2.43. The van der Waals surface area contributed by atoms with Crippen LogP contribution in [0.15, 0.2) is 17.7 Å². The van der Waals surface area contributed by atoms with E-state index in [1.54, 1.807) is 11.1 Å². The van der Waals surface area contributed by atoms with E-state index >= 15 is 0 Å². The maximum Gasteiger partial charge on any atom is 0.410 e. The lowest BCUT2D eigenvalue weighted by atomic mass is 9.89. The predicted molar refractivity (Wildman–Crippen MR) is 77.7 cm³/mol. The highest BCUT2D eigenvalue weighted by atomic mass is 16.6. The van der Waals surface area contributed by atoms with Crippen LogP contribution in [0.25, 0.3) is 0 Å². The lowest BCUT2D eigenvalue weighted by Crippen LogP contribution is -2.35. The molecule has 2 aliphatic heterocycles. The number of aliphatic hydroxyl groups is 1. The SMILES string of the molecule is CC(C)(C)OC(=O)N1CC(CO)[C@H](C2=C=[N+]=CC=C2)C1. The zero-order valence-electron chi connectivity index (χ0n) is 12.2. The molecular weight excluding hydrogens is 256 g/mol. The molecule has 2 aliphatic rings. The van der Waals surface area contributed by atoms with Crippen molar-refractivity contribution in [3.8, 4) is 0 Å². The summed E-state index contributed by atoms with van der Waals surface area (Å²) < 4.78 is 9.36. The van der Waals surface area contributed by atoms with Crippen LogP contribution in [0.1, 0.15) is 20.8 Å². The Bertz CT molecular complexity index is 518. The number of likely N-dealkylation sites (tertiary alicyclic amines) is 1. The van der Waals surface area contributed by atoms with Crippen molar-refractivity contribution < 1.29 is 14.6 Å². The minimum atomic E-state index is -0.510. The first kappa shape index (κ1) is 14.6. The van der Waals surface area contributed by atoms with Gasteiger partial charge in [0.15, 0.2) is 0 Å². The lowest BCUT2D eigenvalue weighted by Gasteiger charge is -2.24. The lowest BCUT2D eigenvalue weighted by molar-refractivity contribution is 0.0282. The van der Waals surface area contributed by atoms with E-state index in [1.807, 2.05) is 32.9 Å². The van der Waals surface area contributed by atoms with Gasteiger partial charge in [-0.3, -0.25) is 0 Å². The van der Waals surface area contributed by atoms with Crippen molar-refractivity contribution in [3.05, 3.63) is 17.7 Å². The Labute approximate surface area is 119 Å². The standard InChI is InChI=1S/C15H21N2O3/c1-15(2,3)20-14(19)17-8-12(10-18)13(9-17)11-5-4-6-16-7-11/h4-6,12-13,18H,8-10H2,1-3H3/q+1/t12?,13-/m0/s1. The Hall–Kier alpha value is -1.80. The fraction of sp³-hybridized carbons (Fsp3) is 0.600. The highest BCUT2D eigenvalue weighted by Crippen LogP contribution is 2.30. The smallest absolute Gasteiger partial charge is 0.410 e. The number of carbonyl (C=O) groups excluding carboxylic acids is 1. The summed E-state index contributed by atoms with van der Waals surface area (Å²) in [7, 11) is 0. The van der Waals surface area contributed by atoms with Crippen LogP contribution in [-0.4, -0.2) is 53.5 Å². The van der Waals surface area contributed by atoms with Gasteiger partial charge in [-0.05, 0) is 31.5 Å². The molecule has 5 heteroatoms.